The zero-order valence-electron chi connectivity index (χ0n) is 12.5. The summed E-state index contributed by atoms with van der Waals surface area (Å²) in [7, 11) is -0.207. The van der Waals surface area contributed by atoms with Gasteiger partial charge < -0.3 is 4.74 Å². The van der Waals surface area contributed by atoms with Gasteiger partial charge in [-0.1, -0.05) is 35.9 Å². The van der Waals surface area contributed by atoms with Gasteiger partial charge in [0, 0.05) is 18.6 Å². The second kappa shape index (κ2) is 7.13. The van der Waals surface area contributed by atoms with Crippen LogP contribution in [-0.2, 0) is 22.3 Å². The van der Waals surface area contributed by atoms with E-state index in [1.807, 2.05) is 24.3 Å². The van der Waals surface area contributed by atoms with Crippen LogP contribution in [0, 0.1) is 0 Å². The van der Waals surface area contributed by atoms with Gasteiger partial charge in [-0.25, -0.2) is 12.7 Å². The van der Waals surface area contributed by atoms with E-state index in [1.165, 1.54) is 4.31 Å². The van der Waals surface area contributed by atoms with E-state index in [9.17, 15) is 8.42 Å². The van der Waals surface area contributed by atoms with Crippen molar-refractivity contribution in [3.05, 3.63) is 64.7 Å². The van der Waals surface area contributed by atoms with Crippen LogP contribution in [0.5, 0.6) is 5.75 Å². The Morgan fingerprint density at radius 1 is 1.00 bits per heavy atom. The van der Waals surface area contributed by atoms with Crippen molar-refractivity contribution in [2.45, 2.75) is 12.3 Å². The van der Waals surface area contributed by atoms with Gasteiger partial charge >= 0.3 is 0 Å². The van der Waals surface area contributed by atoms with Crippen LogP contribution >= 0.6 is 11.6 Å². The predicted octanol–water partition coefficient (Wildman–Crippen LogP) is 3.31. The third-order valence-electron chi connectivity index (χ3n) is 3.30. The molecule has 0 saturated heterocycles. The Morgan fingerprint density at radius 3 is 2.09 bits per heavy atom. The van der Waals surface area contributed by atoms with Gasteiger partial charge in [0.2, 0.25) is 10.0 Å². The minimum absolute atomic E-state index is 0.0448. The van der Waals surface area contributed by atoms with Crippen LogP contribution in [0.25, 0.3) is 0 Å². The minimum Gasteiger partial charge on any atom is -0.497 e. The smallest absolute Gasteiger partial charge is 0.218 e. The molecule has 2 rings (SSSR count). The van der Waals surface area contributed by atoms with E-state index in [0.717, 1.165) is 11.3 Å². The number of benzene rings is 2. The molecular formula is C16H18ClNO3S. The lowest BCUT2D eigenvalue weighted by Crippen LogP contribution is -2.27. The van der Waals surface area contributed by atoms with Crippen LogP contribution in [0.3, 0.4) is 0 Å². The van der Waals surface area contributed by atoms with Crippen molar-refractivity contribution in [1.82, 2.24) is 4.31 Å². The quantitative estimate of drug-likeness (QED) is 0.811. The van der Waals surface area contributed by atoms with Crippen LogP contribution in [0.15, 0.2) is 48.5 Å². The number of sulfonamides is 1. The second-order valence-corrected chi connectivity index (χ2v) is 7.50. The Hall–Kier alpha value is -1.56. The Labute approximate surface area is 136 Å². The molecule has 4 nitrogen and oxygen atoms in total. The van der Waals surface area contributed by atoms with E-state index in [0.29, 0.717) is 17.1 Å². The van der Waals surface area contributed by atoms with Crippen molar-refractivity contribution in [3.8, 4) is 5.75 Å². The Kier molecular flexibility index (Phi) is 5.45. The van der Waals surface area contributed by atoms with Gasteiger partial charge in [-0.2, -0.15) is 0 Å². The summed E-state index contributed by atoms with van der Waals surface area (Å²) >= 11 is 5.81. The van der Waals surface area contributed by atoms with Crippen molar-refractivity contribution >= 4 is 21.6 Å². The van der Waals surface area contributed by atoms with Crippen LogP contribution in [0.2, 0.25) is 5.02 Å². The van der Waals surface area contributed by atoms with Gasteiger partial charge in [0.25, 0.3) is 0 Å². The highest BCUT2D eigenvalue weighted by Crippen LogP contribution is 2.17. The highest BCUT2D eigenvalue weighted by atomic mass is 35.5. The zero-order chi connectivity index (χ0) is 16.2. The summed E-state index contributed by atoms with van der Waals surface area (Å²) in [6, 6.07) is 14.2. The summed E-state index contributed by atoms with van der Waals surface area (Å²) in [6.07, 6.45) is 0. The number of hydrogen-bond donors (Lipinski definition) is 0. The SMILES string of the molecule is COc1ccc(CN(C)S(=O)(=O)Cc2ccc(Cl)cc2)cc1. The maximum atomic E-state index is 12.4. The van der Waals surface area contributed by atoms with E-state index >= 15 is 0 Å². The van der Waals surface area contributed by atoms with Crippen molar-refractivity contribution in [3.63, 3.8) is 0 Å². The number of nitrogens with zero attached hydrogens (tertiary/aromatic N) is 1. The lowest BCUT2D eigenvalue weighted by molar-refractivity contribution is 0.414. The first kappa shape index (κ1) is 16.8. The number of halogens is 1. The number of ether oxygens (including phenoxy) is 1. The van der Waals surface area contributed by atoms with E-state index in [4.69, 9.17) is 16.3 Å². The Balaban J connectivity index is 2.05. The third kappa shape index (κ3) is 4.47. The lowest BCUT2D eigenvalue weighted by atomic mass is 10.2. The molecule has 0 bridgehead atoms. The molecule has 0 saturated carbocycles. The van der Waals surface area contributed by atoms with E-state index in [1.54, 1.807) is 38.4 Å². The molecule has 0 aliphatic rings. The molecule has 0 amide bonds. The van der Waals surface area contributed by atoms with Crippen LogP contribution < -0.4 is 4.74 Å². The van der Waals surface area contributed by atoms with Gasteiger partial charge in [-0.05, 0) is 35.4 Å². The fraction of sp³-hybridized carbons (Fsp3) is 0.250. The van der Waals surface area contributed by atoms with Crippen LogP contribution in [0.4, 0.5) is 0 Å². The molecule has 0 N–H and O–H groups in total. The lowest BCUT2D eigenvalue weighted by Gasteiger charge is -2.17. The number of methoxy groups -OCH3 is 1. The molecule has 22 heavy (non-hydrogen) atoms. The average Bonchev–Trinajstić information content (AvgIpc) is 2.50. The molecule has 6 heteroatoms. The van der Waals surface area contributed by atoms with Gasteiger partial charge in [-0.3, -0.25) is 0 Å². The van der Waals surface area contributed by atoms with Gasteiger partial charge in [0.1, 0.15) is 5.75 Å². The molecule has 0 aromatic heterocycles. The number of rotatable bonds is 6. The van der Waals surface area contributed by atoms with Crippen molar-refractivity contribution < 1.29 is 13.2 Å². The predicted molar refractivity (Wildman–Crippen MR) is 88.5 cm³/mol. The topological polar surface area (TPSA) is 46.6 Å². The van der Waals surface area contributed by atoms with Crippen molar-refractivity contribution in [2.24, 2.45) is 0 Å². The molecule has 0 heterocycles. The van der Waals surface area contributed by atoms with Crippen LogP contribution in [-0.4, -0.2) is 26.9 Å². The first-order valence-corrected chi connectivity index (χ1v) is 8.71. The molecule has 0 atom stereocenters. The summed E-state index contributed by atoms with van der Waals surface area (Å²) in [5, 5.41) is 0.590. The highest BCUT2D eigenvalue weighted by molar-refractivity contribution is 7.88. The van der Waals surface area contributed by atoms with Crippen LogP contribution in [0.1, 0.15) is 11.1 Å². The molecule has 0 fully saturated rings. The first-order valence-electron chi connectivity index (χ1n) is 6.72. The van der Waals surface area contributed by atoms with Crippen molar-refractivity contribution in [1.29, 1.82) is 0 Å². The second-order valence-electron chi connectivity index (χ2n) is 4.99. The van der Waals surface area contributed by atoms with E-state index in [-0.39, 0.29) is 5.75 Å². The first-order chi connectivity index (χ1) is 10.4. The fourth-order valence-electron chi connectivity index (χ4n) is 1.99. The summed E-state index contributed by atoms with van der Waals surface area (Å²) in [6.45, 7) is 0.319. The van der Waals surface area contributed by atoms with E-state index < -0.39 is 10.0 Å². The van der Waals surface area contributed by atoms with Crippen molar-refractivity contribution in [2.75, 3.05) is 14.2 Å². The Morgan fingerprint density at radius 2 is 1.55 bits per heavy atom. The number of hydrogen-bond acceptors (Lipinski definition) is 3. The summed E-state index contributed by atoms with van der Waals surface area (Å²) < 4.78 is 31.2. The normalized spacial score (nSPS) is 11.6. The monoisotopic (exact) mass is 339 g/mol. The molecule has 0 aliphatic carbocycles. The molecule has 2 aromatic carbocycles. The maximum Gasteiger partial charge on any atom is 0.218 e. The zero-order valence-corrected chi connectivity index (χ0v) is 14.1. The van der Waals surface area contributed by atoms with Gasteiger partial charge in [0.05, 0.1) is 12.9 Å². The minimum atomic E-state index is -3.38. The molecule has 0 unspecified atom stereocenters. The third-order valence-corrected chi connectivity index (χ3v) is 5.33. The van der Waals surface area contributed by atoms with E-state index in [2.05, 4.69) is 0 Å². The largest absolute Gasteiger partial charge is 0.497 e. The van der Waals surface area contributed by atoms with Gasteiger partial charge in [-0.15, -0.1) is 0 Å². The molecule has 2 aromatic rings. The highest BCUT2D eigenvalue weighted by Gasteiger charge is 2.18. The molecule has 0 aliphatic heterocycles. The molecule has 0 spiro atoms. The fourth-order valence-corrected chi connectivity index (χ4v) is 3.29. The summed E-state index contributed by atoms with van der Waals surface area (Å²) in [5.41, 5.74) is 1.62. The Bertz CT molecular complexity index is 712. The standard InChI is InChI=1S/C16H18ClNO3S/c1-18(11-13-5-9-16(21-2)10-6-13)22(19,20)12-14-3-7-15(17)8-4-14/h3-10H,11-12H2,1-2H3. The summed E-state index contributed by atoms with van der Waals surface area (Å²) in [5.74, 6) is 0.701. The average molecular weight is 340 g/mol. The maximum absolute atomic E-state index is 12.4. The summed E-state index contributed by atoms with van der Waals surface area (Å²) in [4.78, 5) is 0. The molecule has 118 valence electrons. The van der Waals surface area contributed by atoms with Gasteiger partial charge in [0.15, 0.2) is 0 Å². The molecular weight excluding hydrogens is 322 g/mol. The molecule has 0 radical (unpaired) electrons.